The summed E-state index contributed by atoms with van der Waals surface area (Å²) in [5, 5.41) is 8.86. The molecule has 0 saturated carbocycles. The fourth-order valence-corrected chi connectivity index (χ4v) is 1.59. The van der Waals surface area contributed by atoms with Gasteiger partial charge in [0.25, 0.3) is 0 Å². The van der Waals surface area contributed by atoms with Crippen LogP contribution in [0.2, 0.25) is 0 Å². The van der Waals surface area contributed by atoms with Gasteiger partial charge in [-0.05, 0) is 12.1 Å². The molecule has 1 aromatic heterocycles. The third-order valence-electron chi connectivity index (χ3n) is 1.31. The van der Waals surface area contributed by atoms with Gasteiger partial charge in [-0.2, -0.15) is 0 Å². The van der Waals surface area contributed by atoms with E-state index in [0.29, 0.717) is 0 Å². The van der Waals surface area contributed by atoms with Gasteiger partial charge < -0.3 is 5.11 Å². The fraction of sp³-hybridized carbons (Fsp3) is 0.286. The standard InChI is InChI=1S/C7H9NOS2/c9-5-7(11-10)6-3-1-2-4-8-6/h1-4,7,9-10H,5H2. The molecule has 2 nitrogen and oxygen atoms in total. The lowest BCUT2D eigenvalue weighted by molar-refractivity contribution is 0.295. The lowest BCUT2D eigenvalue weighted by Gasteiger charge is -2.07. The van der Waals surface area contributed by atoms with Crippen LogP contribution < -0.4 is 0 Å². The Morgan fingerprint density at radius 3 is 2.91 bits per heavy atom. The molecule has 1 atom stereocenters. The molecule has 0 bridgehead atoms. The lowest BCUT2D eigenvalue weighted by Crippen LogP contribution is -1.99. The molecule has 0 spiro atoms. The number of hydrogen-bond donors (Lipinski definition) is 2. The second-order valence-electron chi connectivity index (χ2n) is 2.03. The normalized spacial score (nSPS) is 12.9. The molecule has 4 heteroatoms. The number of aliphatic hydroxyl groups excluding tert-OH is 1. The maximum atomic E-state index is 8.87. The first-order valence-corrected chi connectivity index (χ1v) is 5.13. The van der Waals surface area contributed by atoms with Crippen molar-refractivity contribution in [3.63, 3.8) is 0 Å². The van der Waals surface area contributed by atoms with Crippen LogP contribution in [0.25, 0.3) is 0 Å². The minimum Gasteiger partial charge on any atom is -0.395 e. The number of aromatic nitrogens is 1. The first kappa shape index (κ1) is 8.90. The number of nitrogens with zero attached hydrogens (tertiary/aromatic N) is 1. The molecule has 0 aromatic carbocycles. The number of rotatable bonds is 3. The van der Waals surface area contributed by atoms with Gasteiger partial charge >= 0.3 is 0 Å². The van der Waals surface area contributed by atoms with Crippen LogP contribution in [0.15, 0.2) is 24.4 Å². The van der Waals surface area contributed by atoms with Crippen LogP contribution in [0.1, 0.15) is 10.9 Å². The van der Waals surface area contributed by atoms with Gasteiger partial charge in [0.15, 0.2) is 0 Å². The van der Waals surface area contributed by atoms with Gasteiger partial charge in [0, 0.05) is 6.20 Å². The van der Waals surface area contributed by atoms with Crippen molar-refractivity contribution in [2.45, 2.75) is 5.25 Å². The second-order valence-corrected chi connectivity index (χ2v) is 3.44. The van der Waals surface area contributed by atoms with Gasteiger partial charge in [0.2, 0.25) is 0 Å². The van der Waals surface area contributed by atoms with E-state index in [0.717, 1.165) is 5.69 Å². The Morgan fingerprint density at radius 1 is 1.64 bits per heavy atom. The quantitative estimate of drug-likeness (QED) is 0.558. The third kappa shape index (κ3) is 2.39. The smallest absolute Gasteiger partial charge is 0.0801 e. The number of pyridine rings is 1. The van der Waals surface area contributed by atoms with Crippen molar-refractivity contribution in [1.82, 2.24) is 4.98 Å². The van der Waals surface area contributed by atoms with Crippen molar-refractivity contribution in [2.24, 2.45) is 0 Å². The molecular weight excluding hydrogens is 178 g/mol. The van der Waals surface area contributed by atoms with E-state index in [4.69, 9.17) is 5.11 Å². The average molecular weight is 187 g/mol. The molecule has 0 saturated heterocycles. The van der Waals surface area contributed by atoms with Gasteiger partial charge in [0.05, 0.1) is 17.6 Å². The minimum absolute atomic E-state index is 0.0143. The molecule has 0 amide bonds. The zero-order chi connectivity index (χ0) is 8.10. The molecule has 1 unspecified atom stereocenters. The highest BCUT2D eigenvalue weighted by Gasteiger charge is 2.08. The van der Waals surface area contributed by atoms with Crippen molar-refractivity contribution in [3.05, 3.63) is 30.1 Å². The molecule has 1 aromatic rings. The predicted molar refractivity (Wildman–Crippen MR) is 50.6 cm³/mol. The monoisotopic (exact) mass is 187 g/mol. The van der Waals surface area contributed by atoms with E-state index >= 15 is 0 Å². The van der Waals surface area contributed by atoms with Crippen LogP contribution in [0, 0.1) is 0 Å². The molecule has 1 rings (SSSR count). The van der Waals surface area contributed by atoms with E-state index in [1.807, 2.05) is 18.2 Å². The SMILES string of the molecule is OCC(SS)c1ccccn1. The number of aliphatic hydroxyl groups is 1. The van der Waals surface area contributed by atoms with Crippen LogP contribution in [0.3, 0.4) is 0 Å². The maximum absolute atomic E-state index is 8.87. The summed E-state index contributed by atoms with van der Waals surface area (Å²) in [6.45, 7) is 0.0746. The van der Waals surface area contributed by atoms with Crippen LogP contribution in [0.5, 0.6) is 0 Å². The van der Waals surface area contributed by atoms with E-state index in [1.165, 1.54) is 10.8 Å². The average Bonchev–Trinajstić information content (AvgIpc) is 2.09. The van der Waals surface area contributed by atoms with E-state index in [1.54, 1.807) is 6.20 Å². The Balaban J connectivity index is 2.74. The van der Waals surface area contributed by atoms with Crippen LogP contribution in [-0.4, -0.2) is 16.7 Å². The molecule has 0 aliphatic rings. The second kappa shape index (κ2) is 4.64. The summed E-state index contributed by atoms with van der Waals surface area (Å²) < 4.78 is 0. The van der Waals surface area contributed by atoms with Gasteiger partial charge in [-0.15, -0.1) is 11.7 Å². The predicted octanol–water partition coefficient (Wildman–Crippen LogP) is 1.69. The van der Waals surface area contributed by atoms with Crippen LogP contribution in [0.4, 0.5) is 0 Å². The van der Waals surface area contributed by atoms with Gasteiger partial charge in [-0.1, -0.05) is 16.9 Å². The molecule has 0 aliphatic heterocycles. The number of thiol groups is 1. The fourth-order valence-electron chi connectivity index (χ4n) is 0.747. The van der Waals surface area contributed by atoms with Gasteiger partial charge in [-0.3, -0.25) is 4.98 Å². The van der Waals surface area contributed by atoms with Crippen molar-refractivity contribution >= 4 is 22.5 Å². The van der Waals surface area contributed by atoms with E-state index < -0.39 is 0 Å². The van der Waals surface area contributed by atoms with Crippen LogP contribution in [-0.2, 0) is 0 Å². The molecule has 0 radical (unpaired) electrons. The van der Waals surface area contributed by atoms with E-state index in [-0.39, 0.29) is 11.9 Å². The molecule has 1 heterocycles. The van der Waals surface area contributed by atoms with Crippen molar-refractivity contribution in [2.75, 3.05) is 6.61 Å². The summed E-state index contributed by atoms with van der Waals surface area (Å²) >= 11 is 4.02. The van der Waals surface area contributed by atoms with Gasteiger partial charge in [0.1, 0.15) is 0 Å². The first-order chi connectivity index (χ1) is 5.38. The highest BCUT2D eigenvalue weighted by atomic mass is 33.1. The summed E-state index contributed by atoms with van der Waals surface area (Å²) in [5.41, 5.74) is 0.870. The zero-order valence-electron chi connectivity index (χ0n) is 5.84. The highest BCUT2D eigenvalue weighted by Crippen LogP contribution is 2.28. The molecule has 0 fully saturated rings. The maximum Gasteiger partial charge on any atom is 0.0801 e. The highest BCUT2D eigenvalue weighted by molar-refractivity contribution is 8.68. The molecule has 1 N–H and O–H groups in total. The summed E-state index contributed by atoms with van der Waals surface area (Å²) in [5.74, 6) is 0. The Kier molecular flexibility index (Phi) is 3.76. The van der Waals surface area contributed by atoms with Crippen LogP contribution >= 0.6 is 22.5 Å². The van der Waals surface area contributed by atoms with Gasteiger partial charge in [-0.25, -0.2) is 0 Å². The summed E-state index contributed by atoms with van der Waals surface area (Å²) in [4.78, 5) is 4.09. The van der Waals surface area contributed by atoms with E-state index in [2.05, 4.69) is 16.6 Å². The Labute approximate surface area is 74.9 Å². The molecule has 0 aliphatic carbocycles. The largest absolute Gasteiger partial charge is 0.395 e. The molecule has 11 heavy (non-hydrogen) atoms. The minimum atomic E-state index is -0.0143. The summed E-state index contributed by atoms with van der Waals surface area (Å²) in [7, 11) is 1.30. The molecule has 60 valence electrons. The summed E-state index contributed by atoms with van der Waals surface area (Å²) in [6.07, 6.45) is 1.71. The van der Waals surface area contributed by atoms with Crippen molar-refractivity contribution in [3.8, 4) is 0 Å². The Morgan fingerprint density at radius 2 is 2.45 bits per heavy atom. The van der Waals surface area contributed by atoms with Crippen molar-refractivity contribution < 1.29 is 5.11 Å². The Hall–Kier alpha value is -0.190. The summed E-state index contributed by atoms with van der Waals surface area (Å²) in [6, 6.07) is 5.63. The van der Waals surface area contributed by atoms with E-state index in [9.17, 15) is 0 Å². The lowest BCUT2D eigenvalue weighted by atomic mass is 10.3. The zero-order valence-corrected chi connectivity index (χ0v) is 7.55. The molecular formula is C7H9NOS2. The third-order valence-corrected chi connectivity index (χ3v) is 2.72. The van der Waals surface area contributed by atoms with Crippen molar-refractivity contribution in [1.29, 1.82) is 0 Å². The topological polar surface area (TPSA) is 33.1 Å². The Bertz CT molecular complexity index is 201. The number of hydrogen-bond acceptors (Lipinski definition) is 4. The first-order valence-electron chi connectivity index (χ1n) is 3.20.